The van der Waals surface area contributed by atoms with E-state index in [9.17, 15) is 4.39 Å². The van der Waals surface area contributed by atoms with E-state index in [2.05, 4.69) is 17.6 Å². The van der Waals surface area contributed by atoms with Crippen LogP contribution in [0.5, 0.6) is 0 Å². The molecule has 3 atom stereocenters. The van der Waals surface area contributed by atoms with E-state index in [-0.39, 0.29) is 6.67 Å². The van der Waals surface area contributed by atoms with E-state index in [1.807, 2.05) is 0 Å². The Bertz CT molecular complexity index is 290. The lowest BCUT2D eigenvalue weighted by Crippen LogP contribution is -2.56. The van der Waals surface area contributed by atoms with Gasteiger partial charge in [-0.2, -0.15) is 0 Å². The van der Waals surface area contributed by atoms with Crippen molar-refractivity contribution in [1.82, 2.24) is 10.6 Å². The van der Waals surface area contributed by atoms with Gasteiger partial charge in [0.05, 0.1) is 6.67 Å². The predicted molar refractivity (Wildman–Crippen MR) is 67.8 cm³/mol. The highest BCUT2D eigenvalue weighted by molar-refractivity contribution is 5.16. The van der Waals surface area contributed by atoms with Crippen LogP contribution in [0.15, 0.2) is 0 Å². The SMILES string of the molecule is CCNCC1(CC2NCC23CC3)CC1CCF. The molecule has 2 saturated carbocycles. The summed E-state index contributed by atoms with van der Waals surface area (Å²) in [7, 11) is 0. The minimum Gasteiger partial charge on any atom is -0.316 e. The minimum atomic E-state index is -0.137. The van der Waals surface area contributed by atoms with Crippen molar-refractivity contribution in [3.05, 3.63) is 0 Å². The van der Waals surface area contributed by atoms with Crippen LogP contribution in [-0.4, -0.2) is 32.4 Å². The Hall–Kier alpha value is -0.150. The maximum atomic E-state index is 12.5. The Kier molecular flexibility index (Phi) is 2.94. The molecule has 0 radical (unpaired) electrons. The van der Waals surface area contributed by atoms with Gasteiger partial charge in [-0.15, -0.1) is 0 Å². The van der Waals surface area contributed by atoms with Crippen LogP contribution in [0.4, 0.5) is 4.39 Å². The molecule has 3 unspecified atom stereocenters. The molecule has 3 heteroatoms. The molecule has 1 heterocycles. The zero-order valence-corrected chi connectivity index (χ0v) is 10.9. The summed E-state index contributed by atoms with van der Waals surface area (Å²) in [4.78, 5) is 0. The lowest BCUT2D eigenvalue weighted by Gasteiger charge is -2.41. The molecule has 17 heavy (non-hydrogen) atoms. The molecule has 0 aromatic rings. The van der Waals surface area contributed by atoms with Crippen molar-refractivity contribution in [2.45, 2.75) is 45.1 Å². The molecular formula is C14H25FN2. The number of nitrogens with one attached hydrogen (secondary N) is 2. The molecule has 2 nitrogen and oxygen atoms in total. The molecule has 98 valence electrons. The Morgan fingerprint density at radius 2 is 2.24 bits per heavy atom. The molecule has 1 saturated heterocycles. The van der Waals surface area contributed by atoms with E-state index < -0.39 is 0 Å². The standard InChI is InChI=1S/C14H25FN2/c1-2-16-9-14(7-11(14)3-6-15)8-12-13(4-5-13)10-17-12/h11-12,16-17H,2-10H2,1H3. The van der Waals surface area contributed by atoms with Gasteiger partial charge in [-0.3, -0.25) is 4.39 Å². The summed E-state index contributed by atoms with van der Waals surface area (Å²) in [6, 6.07) is 0.741. The van der Waals surface area contributed by atoms with Crippen molar-refractivity contribution >= 4 is 0 Å². The molecule has 0 aromatic carbocycles. The first-order chi connectivity index (χ1) is 8.25. The molecule has 1 spiro atoms. The van der Waals surface area contributed by atoms with Crippen LogP contribution >= 0.6 is 0 Å². The van der Waals surface area contributed by atoms with Crippen LogP contribution in [0, 0.1) is 16.7 Å². The average molecular weight is 240 g/mol. The second kappa shape index (κ2) is 4.20. The highest BCUT2D eigenvalue weighted by atomic mass is 19.1. The van der Waals surface area contributed by atoms with Gasteiger partial charge in [-0.05, 0) is 55.4 Å². The summed E-state index contributed by atoms with van der Waals surface area (Å²) in [5.74, 6) is 0.643. The maximum Gasteiger partial charge on any atom is 0.0897 e. The zero-order valence-electron chi connectivity index (χ0n) is 10.9. The molecular weight excluding hydrogens is 215 g/mol. The molecule has 3 fully saturated rings. The van der Waals surface area contributed by atoms with Crippen molar-refractivity contribution in [2.24, 2.45) is 16.7 Å². The predicted octanol–water partition coefficient (Wildman–Crippen LogP) is 2.10. The minimum absolute atomic E-state index is 0.137. The van der Waals surface area contributed by atoms with E-state index in [0.717, 1.165) is 25.6 Å². The van der Waals surface area contributed by atoms with Gasteiger partial charge in [0, 0.05) is 19.1 Å². The monoisotopic (exact) mass is 240 g/mol. The Morgan fingerprint density at radius 3 is 2.76 bits per heavy atom. The molecule has 3 rings (SSSR count). The Balaban J connectivity index is 1.56. The van der Waals surface area contributed by atoms with E-state index in [4.69, 9.17) is 0 Å². The summed E-state index contributed by atoms with van der Waals surface area (Å²) in [5, 5.41) is 7.10. The zero-order chi connectivity index (χ0) is 11.9. The summed E-state index contributed by atoms with van der Waals surface area (Å²) in [5.41, 5.74) is 1.11. The summed E-state index contributed by atoms with van der Waals surface area (Å²) in [6.07, 6.45) is 6.17. The largest absolute Gasteiger partial charge is 0.316 e. The number of alkyl halides is 1. The Morgan fingerprint density at radius 1 is 1.41 bits per heavy atom. The fourth-order valence-corrected chi connectivity index (χ4v) is 3.80. The van der Waals surface area contributed by atoms with Crippen molar-refractivity contribution in [1.29, 1.82) is 0 Å². The maximum absolute atomic E-state index is 12.5. The highest BCUT2D eigenvalue weighted by Gasteiger charge is 2.61. The van der Waals surface area contributed by atoms with Gasteiger partial charge in [0.25, 0.3) is 0 Å². The van der Waals surface area contributed by atoms with E-state index >= 15 is 0 Å². The first-order valence-corrected chi connectivity index (χ1v) is 7.25. The third-order valence-electron chi connectivity index (χ3n) is 5.49. The third-order valence-corrected chi connectivity index (χ3v) is 5.49. The van der Waals surface area contributed by atoms with Crippen LogP contribution in [0.25, 0.3) is 0 Å². The highest BCUT2D eigenvalue weighted by Crippen LogP contribution is 2.63. The lowest BCUT2D eigenvalue weighted by atomic mass is 9.79. The fourth-order valence-electron chi connectivity index (χ4n) is 3.80. The third kappa shape index (κ3) is 2.01. The van der Waals surface area contributed by atoms with Gasteiger partial charge < -0.3 is 10.6 Å². The number of rotatable bonds is 7. The normalized spacial score (nSPS) is 41.3. The van der Waals surface area contributed by atoms with Crippen molar-refractivity contribution < 1.29 is 4.39 Å². The van der Waals surface area contributed by atoms with Crippen LogP contribution < -0.4 is 10.6 Å². The number of hydrogen-bond acceptors (Lipinski definition) is 2. The molecule has 0 aromatic heterocycles. The first kappa shape index (κ1) is 11.9. The molecule has 2 aliphatic carbocycles. The second-order valence-corrected chi connectivity index (χ2v) is 6.52. The molecule has 2 N–H and O–H groups in total. The summed E-state index contributed by atoms with van der Waals surface area (Å²) < 4.78 is 12.5. The van der Waals surface area contributed by atoms with Crippen molar-refractivity contribution in [3.8, 4) is 0 Å². The van der Waals surface area contributed by atoms with Crippen LogP contribution in [0.2, 0.25) is 0 Å². The van der Waals surface area contributed by atoms with Gasteiger partial charge in [0.15, 0.2) is 0 Å². The van der Waals surface area contributed by atoms with Gasteiger partial charge >= 0.3 is 0 Å². The number of hydrogen-bond donors (Lipinski definition) is 2. The van der Waals surface area contributed by atoms with Crippen LogP contribution in [-0.2, 0) is 0 Å². The van der Waals surface area contributed by atoms with Gasteiger partial charge in [-0.25, -0.2) is 0 Å². The number of halogens is 1. The summed E-state index contributed by atoms with van der Waals surface area (Å²) >= 11 is 0. The molecule has 1 aliphatic heterocycles. The van der Waals surface area contributed by atoms with Crippen LogP contribution in [0.3, 0.4) is 0 Å². The second-order valence-electron chi connectivity index (χ2n) is 6.52. The van der Waals surface area contributed by atoms with Gasteiger partial charge in [0.1, 0.15) is 0 Å². The summed E-state index contributed by atoms with van der Waals surface area (Å²) in [6.45, 7) is 5.39. The Labute approximate surface area is 104 Å². The van der Waals surface area contributed by atoms with E-state index in [1.165, 1.54) is 32.2 Å². The quantitative estimate of drug-likeness (QED) is 0.712. The van der Waals surface area contributed by atoms with Crippen LogP contribution in [0.1, 0.15) is 39.0 Å². The fraction of sp³-hybridized carbons (Fsp3) is 1.00. The van der Waals surface area contributed by atoms with E-state index in [0.29, 0.717) is 16.7 Å². The lowest BCUT2D eigenvalue weighted by molar-refractivity contribution is 0.155. The van der Waals surface area contributed by atoms with E-state index in [1.54, 1.807) is 0 Å². The smallest absolute Gasteiger partial charge is 0.0897 e. The van der Waals surface area contributed by atoms with Crippen molar-refractivity contribution in [2.75, 3.05) is 26.3 Å². The first-order valence-electron chi connectivity index (χ1n) is 7.25. The van der Waals surface area contributed by atoms with Gasteiger partial charge in [-0.1, -0.05) is 6.92 Å². The van der Waals surface area contributed by atoms with Crippen molar-refractivity contribution in [3.63, 3.8) is 0 Å². The molecule has 0 amide bonds. The molecule has 3 aliphatic rings. The topological polar surface area (TPSA) is 24.1 Å². The molecule has 0 bridgehead atoms. The van der Waals surface area contributed by atoms with Gasteiger partial charge in [0.2, 0.25) is 0 Å². The average Bonchev–Trinajstić information content (AvgIpc) is 3.19.